The lowest BCUT2D eigenvalue weighted by atomic mass is 9.98. The SMILES string of the molecule is CC(C)(C)OC(=O)N[C@H]1CN(C(=O)OCC2c3ccccc3-c3ccccc32)[C@@H]2[C@@H]1OC[C@@H]2O. The van der Waals surface area contributed by atoms with Crippen molar-refractivity contribution in [2.45, 2.75) is 56.6 Å². The van der Waals surface area contributed by atoms with Crippen LogP contribution in [0.2, 0.25) is 0 Å². The van der Waals surface area contributed by atoms with Crippen LogP contribution in [0, 0.1) is 0 Å². The second kappa shape index (κ2) is 8.60. The molecule has 2 heterocycles. The van der Waals surface area contributed by atoms with Crippen molar-refractivity contribution >= 4 is 12.2 Å². The molecule has 0 radical (unpaired) electrons. The number of aliphatic hydroxyl groups excluding tert-OH is 1. The maximum atomic E-state index is 13.2. The van der Waals surface area contributed by atoms with Gasteiger partial charge in [0.2, 0.25) is 0 Å². The van der Waals surface area contributed by atoms with Gasteiger partial charge in [0.05, 0.1) is 18.7 Å². The highest BCUT2D eigenvalue weighted by Gasteiger charge is 2.53. The largest absolute Gasteiger partial charge is 0.448 e. The molecule has 2 aliphatic heterocycles. The van der Waals surface area contributed by atoms with E-state index in [0.29, 0.717) is 0 Å². The number of ether oxygens (including phenoxy) is 3. The summed E-state index contributed by atoms with van der Waals surface area (Å²) < 4.78 is 16.9. The van der Waals surface area contributed by atoms with Crippen molar-refractivity contribution in [3.63, 3.8) is 0 Å². The molecular weight excluding hydrogens is 436 g/mol. The molecule has 8 nitrogen and oxygen atoms in total. The van der Waals surface area contributed by atoms with E-state index in [1.54, 1.807) is 20.8 Å². The monoisotopic (exact) mass is 466 g/mol. The molecule has 2 amide bonds. The maximum absolute atomic E-state index is 13.2. The van der Waals surface area contributed by atoms with Gasteiger partial charge in [-0.2, -0.15) is 0 Å². The molecule has 8 heteroatoms. The van der Waals surface area contributed by atoms with Crippen molar-refractivity contribution < 1.29 is 28.9 Å². The summed E-state index contributed by atoms with van der Waals surface area (Å²) in [5.74, 6) is -0.0600. The minimum atomic E-state index is -0.851. The molecule has 2 N–H and O–H groups in total. The van der Waals surface area contributed by atoms with Crippen LogP contribution >= 0.6 is 0 Å². The molecule has 3 aliphatic rings. The van der Waals surface area contributed by atoms with Crippen molar-refractivity contribution in [1.29, 1.82) is 0 Å². The zero-order valence-corrected chi connectivity index (χ0v) is 19.6. The normalized spacial score (nSPS) is 25.5. The van der Waals surface area contributed by atoms with Gasteiger partial charge in [-0.15, -0.1) is 0 Å². The minimum absolute atomic E-state index is 0.0600. The molecule has 5 rings (SSSR count). The number of carbonyl (C=O) groups is 2. The molecule has 0 spiro atoms. The number of nitrogens with zero attached hydrogens (tertiary/aromatic N) is 1. The molecule has 2 aromatic rings. The van der Waals surface area contributed by atoms with E-state index in [1.807, 2.05) is 24.3 Å². The maximum Gasteiger partial charge on any atom is 0.410 e. The number of nitrogens with one attached hydrogen (secondary N) is 1. The lowest BCUT2D eigenvalue weighted by Gasteiger charge is -2.25. The van der Waals surface area contributed by atoms with E-state index in [1.165, 1.54) is 4.90 Å². The first-order chi connectivity index (χ1) is 16.2. The van der Waals surface area contributed by atoms with Crippen molar-refractivity contribution in [3.8, 4) is 11.1 Å². The highest BCUT2D eigenvalue weighted by atomic mass is 16.6. The van der Waals surface area contributed by atoms with Gasteiger partial charge < -0.3 is 24.6 Å². The van der Waals surface area contributed by atoms with Crippen LogP contribution in [0.3, 0.4) is 0 Å². The van der Waals surface area contributed by atoms with E-state index in [0.717, 1.165) is 22.3 Å². The number of likely N-dealkylation sites (tertiary alicyclic amines) is 1. The Morgan fingerprint density at radius 1 is 1.09 bits per heavy atom. The molecule has 2 saturated heterocycles. The molecule has 2 fully saturated rings. The number of aliphatic hydroxyl groups is 1. The zero-order valence-electron chi connectivity index (χ0n) is 19.6. The quantitative estimate of drug-likeness (QED) is 0.721. The Morgan fingerprint density at radius 3 is 2.32 bits per heavy atom. The zero-order chi connectivity index (χ0) is 24.0. The van der Waals surface area contributed by atoms with Gasteiger partial charge in [-0.1, -0.05) is 48.5 Å². The van der Waals surface area contributed by atoms with Gasteiger partial charge in [0.1, 0.15) is 24.4 Å². The van der Waals surface area contributed by atoms with E-state index < -0.39 is 42.1 Å². The van der Waals surface area contributed by atoms with Crippen molar-refractivity contribution in [2.24, 2.45) is 0 Å². The summed E-state index contributed by atoms with van der Waals surface area (Å²) in [7, 11) is 0. The summed E-state index contributed by atoms with van der Waals surface area (Å²) in [5, 5.41) is 13.3. The van der Waals surface area contributed by atoms with Gasteiger partial charge >= 0.3 is 12.2 Å². The van der Waals surface area contributed by atoms with Crippen LogP contribution in [0.5, 0.6) is 0 Å². The average molecular weight is 467 g/mol. The van der Waals surface area contributed by atoms with Crippen molar-refractivity contribution in [2.75, 3.05) is 19.8 Å². The summed E-state index contributed by atoms with van der Waals surface area (Å²) in [4.78, 5) is 26.9. The summed E-state index contributed by atoms with van der Waals surface area (Å²) >= 11 is 0. The fourth-order valence-corrected chi connectivity index (χ4v) is 5.26. The fraction of sp³-hybridized carbons (Fsp3) is 0.462. The van der Waals surface area contributed by atoms with Gasteiger partial charge in [0.25, 0.3) is 0 Å². The Morgan fingerprint density at radius 2 is 1.71 bits per heavy atom. The number of amides is 2. The lowest BCUT2D eigenvalue weighted by Crippen LogP contribution is -2.46. The number of rotatable bonds is 3. The van der Waals surface area contributed by atoms with Crippen LogP contribution in [0.4, 0.5) is 9.59 Å². The van der Waals surface area contributed by atoms with E-state index >= 15 is 0 Å². The van der Waals surface area contributed by atoms with Gasteiger partial charge in [0.15, 0.2) is 0 Å². The topological polar surface area (TPSA) is 97.3 Å². The summed E-state index contributed by atoms with van der Waals surface area (Å²) in [6, 6.07) is 15.2. The van der Waals surface area contributed by atoms with E-state index in [-0.39, 0.29) is 25.7 Å². The summed E-state index contributed by atoms with van der Waals surface area (Å²) in [6.07, 6.45) is -2.50. The number of hydrogen-bond donors (Lipinski definition) is 2. The van der Waals surface area contributed by atoms with Gasteiger partial charge in [-0.3, -0.25) is 4.90 Å². The predicted molar refractivity (Wildman–Crippen MR) is 124 cm³/mol. The third-order valence-corrected chi connectivity index (χ3v) is 6.61. The molecule has 0 aromatic heterocycles. The second-order valence-corrected chi connectivity index (χ2v) is 10.1. The molecule has 180 valence electrons. The molecule has 4 atom stereocenters. The van der Waals surface area contributed by atoms with Crippen LogP contribution in [0.15, 0.2) is 48.5 Å². The number of benzene rings is 2. The molecule has 0 bridgehead atoms. The molecule has 2 aromatic carbocycles. The van der Waals surface area contributed by atoms with Crippen molar-refractivity contribution in [3.05, 3.63) is 59.7 Å². The molecule has 34 heavy (non-hydrogen) atoms. The Labute approximate surface area is 198 Å². The average Bonchev–Trinajstić information content (AvgIpc) is 3.43. The Bertz CT molecular complexity index is 1050. The van der Waals surface area contributed by atoms with Crippen LogP contribution in [0.25, 0.3) is 11.1 Å². The van der Waals surface area contributed by atoms with Crippen molar-refractivity contribution in [1.82, 2.24) is 10.2 Å². The van der Waals surface area contributed by atoms with E-state index in [9.17, 15) is 14.7 Å². The first-order valence-corrected chi connectivity index (χ1v) is 11.6. The highest BCUT2D eigenvalue weighted by molar-refractivity contribution is 5.79. The number of alkyl carbamates (subject to hydrolysis) is 1. The fourth-order valence-electron chi connectivity index (χ4n) is 5.26. The predicted octanol–water partition coefficient (Wildman–Crippen LogP) is 3.27. The van der Waals surface area contributed by atoms with E-state index in [2.05, 4.69) is 29.6 Å². The Balaban J connectivity index is 1.29. The van der Waals surface area contributed by atoms with Gasteiger partial charge in [-0.25, -0.2) is 9.59 Å². The third-order valence-electron chi connectivity index (χ3n) is 6.61. The third kappa shape index (κ3) is 4.12. The smallest absolute Gasteiger partial charge is 0.410 e. The Kier molecular flexibility index (Phi) is 5.73. The molecule has 0 saturated carbocycles. The first kappa shape index (κ1) is 22.7. The summed E-state index contributed by atoms with van der Waals surface area (Å²) in [5.41, 5.74) is 3.92. The number of carbonyl (C=O) groups excluding carboxylic acids is 2. The number of hydrogen-bond acceptors (Lipinski definition) is 6. The second-order valence-electron chi connectivity index (χ2n) is 10.1. The standard InChI is InChI=1S/C26H30N2O6/c1-26(2,3)34-24(30)27-20-12-28(22-21(29)14-32-23(20)22)25(31)33-13-19-17-10-6-4-8-15(17)16-9-5-7-11-18(16)19/h4-11,19-23,29H,12-14H2,1-3H3,(H,27,30)/t20-,21-,22-,23+/m0/s1. The van der Waals surface area contributed by atoms with E-state index in [4.69, 9.17) is 14.2 Å². The highest BCUT2D eigenvalue weighted by Crippen LogP contribution is 2.44. The van der Waals surface area contributed by atoms with Crippen LogP contribution < -0.4 is 5.32 Å². The van der Waals surface area contributed by atoms with Crippen LogP contribution in [-0.4, -0.2) is 71.8 Å². The van der Waals surface area contributed by atoms with Crippen LogP contribution in [-0.2, 0) is 14.2 Å². The lowest BCUT2D eigenvalue weighted by molar-refractivity contribution is 0.0384. The minimum Gasteiger partial charge on any atom is -0.448 e. The summed E-state index contributed by atoms with van der Waals surface area (Å²) in [6.45, 7) is 5.79. The van der Waals surface area contributed by atoms with Crippen LogP contribution in [0.1, 0.15) is 37.8 Å². The van der Waals surface area contributed by atoms with Gasteiger partial charge in [-0.05, 0) is 43.0 Å². The Hall–Kier alpha value is -3.10. The molecular formula is C26H30N2O6. The molecule has 0 unspecified atom stereocenters. The number of fused-ring (bicyclic) bond motifs is 4. The first-order valence-electron chi connectivity index (χ1n) is 11.6. The molecule has 1 aliphatic carbocycles. The van der Waals surface area contributed by atoms with Gasteiger partial charge in [0, 0.05) is 12.5 Å².